The number of rotatable bonds is 45. The van der Waals surface area contributed by atoms with Gasteiger partial charge in [-0.25, -0.2) is 4.79 Å². The van der Waals surface area contributed by atoms with Crippen molar-refractivity contribution in [3.05, 3.63) is 109 Å². The number of aliphatic carboxylic acids is 1. The second-order valence-corrected chi connectivity index (χ2v) is 18.0. The van der Waals surface area contributed by atoms with Crippen molar-refractivity contribution in [3.63, 3.8) is 0 Å². The van der Waals surface area contributed by atoms with Crippen molar-refractivity contribution < 1.29 is 38.2 Å². The predicted molar refractivity (Wildman–Crippen MR) is 279 cm³/mol. The molecule has 0 fully saturated rings. The monoisotopic (exact) mass is 919 g/mol. The lowest BCUT2D eigenvalue weighted by atomic mass is 10.0. The number of allylic oxidation sites excluding steroid dienone is 18. The van der Waals surface area contributed by atoms with E-state index in [1.807, 2.05) is 21.1 Å². The fourth-order valence-electron chi connectivity index (χ4n) is 6.99. The summed E-state index contributed by atoms with van der Waals surface area (Å²) < 4.78 is 17.3. The van der Waals surface area contributed by atoms with Crippen molar-refractivity contribution >= 4 is 17.9 Å². The quantitative estimate of drug-likeness (QED) is 0.0281. The van der Waals surface area contributed by atoms with Crippen LogP contribution in [0.15, 0.2) is 109 Å². The van der Waals surface area contributed by atoms with E-state index in [4.69, 9.17) is 14.2 Å². The van der Waals surface area contributed by atoms with Gasteiger partial charge in [-0.2, -0.15) is 0 Å². The Morgan fingerprint density at radius 1 is 0.455 bits per heavy atom. The van der Waals surface area contributed by atoms with Crippen LogP contribution in [0.25, 0.3) is 0 Å². The third kappa shape index (κ3) is 45.2. The van der Waals surface area contributed by atoms with E-state index in [2.05, 4.69) is 123 Å². The number of nitrogens with zero attached hydrogens (tertiary/aromatic N) is 1. The Balaban J connectivity index is 4.34. The summed E-state index contributed by atoms with van der Waals surface area (Å²) in [5.74, 6) is -1.54. The number of ether oxygens (including phenoxy) is 3. The molecule has 0 bridgehead atoms. The molecule has 2 unspecified atom stereocenters. The van der Waals surface area contributed by atoms with Crippen LogP contribution in [0.4, 0.5) is 0 Å². The summed E-state index contributed by atoms with van der Waals surface area (Å²) in [6, 6.07) is -0.630. The molecule has 374 valence electrons. The summed E-state index contributed by atoms with van der Waals surface area (Å²) >= 11 is 0. The van der Waals surface area contributed by atoms with E-state index in [0.29, 0.717) is 19.3 Å². The summed E-state index contributed by atoms with van der Waals surface area (Å²) in [6.45, 7) is 4.46. The van der Waals surface area contributed by atoms with Crippen LogP contribution in [0.5, 0.6) is 0 Å². The number of carbonyl (C=O) groups is 3. The largest absolute Gasteiger partial charge is 0.477 e. The Bertz CT molecular complexity index is 1440. The van der Waals surface area contributed by atoms with E-state index in [1.54, 1.807) is 0 Å². The van der Waals surface area contributed by atoms with Crippen LogP contribution in [0, 0.1) is 0 Å². The van der Waals surface area contributed by atoms with Crippen molar-refractivity contribution in [1.82, 2.24) is 0 Å². The first kappa shape index (κ1) is 62.0. The molecule has 0 heterocycles. The highest BCUT2D eigenvalue weighted by Gasteiger charge is 2.31. The summed E-state index contributed by atoms with van der Waals surface area (Å²) in [7, 11) is 5.51. The van der Waals surface area contributed by atoms with E-state index in [-0.39, 0.29) is 42.7 Å². The molecule has 0 radical (unpaired) electrons. The molecule has 0 spiro atoms. The lowest BCUT2D eigenvalue weighted by Crippen LogP contribution is -2.50. The Morgan fingerprint density at radius 3 is 1.21 bits per heavy atom. The highest BCUT2D eigenvalue weighted by atomic mass is 16.6. The molecule has 1 N–H and O–H groups in total. The maximum absolute atomic E-state index is 12.8. The highest BCUT2D eigenvalue weighted by molar-refractivity contribution is 5.72. The summed E-state index contributed by atoms with van der Waals surface area (Å²) in [5.41, 5.74) is 0. The fraction of sp³-hybridized carbons (Fsp3) is 0.638. The van der Waals surface area contributed by atoms with Gasteiger partial charge in [0.05, 0.1) is 34.4 Å². The van der Waals surface area contributed by atoms with Gasteiger partial charge in [0.1, 0.15) is 6.61 Å². The van der Waals surface area contributed by atoms with Crippen molar-refractivity contribution in [2.24, 2.45) is 0 Å². The molecule has 66 heavy (non-hydrogen) atoms. The maximum Gasteiger partial charge on any atom is 0.362 e. The van der Waals surface area contributed by atoms with Crippen LogP contribution in [0.1, 0.15) is 187 Å². The van der Waals surface area contributed by atoms with Crippen molar-refractivity contribution in [3.8, 4) is 0 Å². The number of likely N-dealkylation sites (N-methyl/N-ethyl adjacent to an activating group) is 1. The summed E-state index contributed by atoms with van der Waals surface area (Å²) in [6.07, 6.45) is 65.7. The van der Waals surface area contributed by atoms with E-state index < -0.39 is 18.1 Å². The topological polar surface area (TPSA) is 99.1 Å². The SMILES string of the molecule is CC/C=C/C/C=C/C/C=C/C/C=C/C/C=C/C/C=C/CCCCC(=O)OC(COCCC(C(=O)O)[N+](C)(C)C)COC(=O)CCCCCCCCCCCCC/C=C/C/C=C/C/C=C/CC. The molecule has 0 aliphatic rings. The van der Waals surface area contributed by atoms with Crippen LogP contribution < -0.4 is 0 Å². The molecular weight excluding hydrogens is 823 g/mol. The number of quaternary nitrogens is 1. The Morgan fingerprint density at radius 2 is 0.803 bits per heavy atom. The van der Waals surface area contributed by atoms with Gasteiger partial charge >= 0.3 is 17.9 Å². The number of carboxylic acids is 1. The lowest BCUT2D eigenvalue weighted by Gasteiger charge is -2.31. The molecule has 0 aromatic heterocycles. The maximum atomic E-state index is 12.8. The molecule has 0 aromatic rings. The van der Waals surface area contributed by atoms with Gasteiger partial charge < -0.3 is 23.8 Å². The Kier molecular flexibility index (Phi) is 44.6. The van der Waals surface area contributed by atoms with E-state index >= 15 is 0 Å². The van der Waals surface area contributed by atoms with Gasteiger partial charge in [-0.1, -0.05) is 181 Å². The smallest absolute Gasteiger partial charge is 0.362 e. The van der Waals surface area contributed by atoms with Gasteiger partial charge in [0.2, 0.25) is 0 Å². The number of carbonyl (C=O) groups excluding carboxylic acids is 2. The first-order valence-corrected chi connectivity index (χ1v) is 25.9. The normalized spacial score (nSPS) is 13.8. The van der Waals surface area contributed by atoms with Crippen LogP contribution in [0.2, 0.25) is 0 Å². The molecule has 8 heteroatoms. The summed E-state index contributed by atoms with van der Waals surface area (Å²) in [4.78, 5) is 37.2. The number of unbranched alkanes of at least 4 members (excludes halogenated alkanes) is 13. The van der Waals surface area contributed by atoms with Gasteiger partial charge in [0.25, 0.3) is 0 Å². The molecule has 8 nitrogen and oxygen atoms in total. The predicted octanol–water partition coefficient (Wildman–Crippen LogP) is 15.2. The van der Waals surface area contributed by atoms with Crippen LogP contribution >= 0.6 is 0 Å². The minimum absolute atomic E-state index is 0.0359. The fourth-order valence-corrected chi connectivity index (χ4v) is 6.99. The van der Waals surface area contributed by atoms with Gasteiger partial charge in [0, 0.05) is 19.3 Å². The molecule has 0 aliphatic heterocycles. The molecule has 2 atom stereocenters. The number of carboxylic acid groups (broad SMARTS) is 1. The standard InChI is InChI=1S/C58H95NO7/c1-6-8-10-12-14-16-18-20-22-24-26-28-30-32-34-36-38-40-42-44-46-48-56(60)65-53-54(52-64-51-50-55(58(62)63)59(3,4)5)66-57(61)49-47-45-43-41-39-37-35-33-31-29-27-25-23-21-19-17-15-13-11-9-7-2/h8-11,14-17,20-23,27,29,33,35,39,41,54-55H,6-7,12-13,18-19,24-26,28,30-32,34,36-38,40,42-53H2,1-5H3/p+1/b10-8+,11-9+,16-14+,17-15+,22-20+,23-21+,29-27+,35-33+,41-39+. The van der Waals surface area contributed by atoms with Crippen molar-refractivity contribution in [2.75, 3.05) is 41.0 Å². The van der Waals surface area contributed by atoms with Crippen molar-refractivity contribution in [1.29, 1.82) is 0 Å². The molecule has 0 aliphatic carbocycles. The first-order valence-electron chi connectivity index (χ1n) is 25.9. The van der Waals surface area contributed by atoms with E-state index in [1.165, 1.54) is 57.8 Å². The van der Waals surface area contributed by atoms with Gasteiger partial charge in [-0.15, -0.1) is 0 Å². The van der Waals surface area contributed by atoms with Gasteiger partial charge in [-0.3, -0.25) is 9.59 Å². The van der Waals surface area contributed by atoms with E-state index in [9.17, 15) is 19.5 Å². The zero-order valence-corrected chi connectivity index (χ0v) is 42.6. The third-order valence-electron chi connectivity index (χ3n) is 10.9. The second kappa shape index (κ2) is 47.5. The van der Waals surface area contributed by atoms with Crippen molar-refractivity contribution in [2.45, 2.75) is 199 Å². The average Bonchev–Trinajstić information content (AvgIpc) is 3.28. The lowest BCUT2D eigenvalue weighted by molar-refractivity contribution is -0.887. The zero-order valence-electron chi connectivity index (χ0n) is 42.6. The van der Waals surface area contributed by atoms with Crippen LogP contribution in [-0.2, 0) is 28.6 Å². The minimum atomic E-state index is -0.886. The number of esters is 2. The molecule has 0 aromatic carbocycles. The molecule has 0 amide bonds. The molecule has 0 saturated carbocycles. The molecule has 0 rings (SSSR count). The average molecular weight is 919 g/mol. The number of hydrogen-bond acceptors (Lipinski definition) is 6. The Labute approximate surface area is 404 Å². The van der Waals surface area contributed by atoms with Gasteiger partial charge in [-0.05, 0) is 96.3 Å². The zero-order chi connectivity index (χ0) is 48.4. The summed E-state index contributed by atoms with van der Waals surface area (Å²) in [5, 5.41) is 9.66. The Hall–Kier alpha value is -4.01. The van der Waals surface area contributed by atoms with E-state index in [0.717, 1.165) is 89.9 Å². The third-order valence-corrected chi connectivity index (χ3v) is 10.9. The highest BCUT2D eigenvalue weighted by Crippen LogP contribution is 2.14. The number of hydrogen-bond donors (Lipinski definition) is 1. The minimum Gasteiger partial charge on any atom is -0.477 e. The second-order valence-electron chi connectivity index (χ2n) is 18.0. The first-order chi connectivity index (χ1) is 32.1. The molecule has 0 saturated heterocycles. The van der Waals surface area contributed by atoms with Crippen LogP contribution in [-0.4, -0.2) is 80.6 Å². The van der Waals surface area contributed by atoms with Gasteiger partial charge in [0.15, 0.2) is 12.1 Å². The molecular formula is C58H96NO7+. The van der Waals surface area contributed by atoms with Crippen LogP contribution in [0.3, 0.4) is 0 Å².